The summed E-state index contributed by atoms with van der Waals surface area (Å²) in [6.45, 7) is 4.30. The number of ether oxygens (including phenoxy) is 2. The van der Waals surface area contributed by atoms with Crippen molar-refractivity contribution in [3.8, 4) is 0 Å². The van der Waals surface area contributed by atoms with Gasteiger partial charge in [0.2, 0.25) is 0 Å². The molecule has 2 unspecified atom stereocenters. The van der Waals surface area contributed by atoms with Gasteiger partial charge in [-0.15, -0.1) is 0 Å². The fourth-order valence-electron chi connectivity index (χ4n) is 3.63. The van der Waals surface area contributed by atoms with Gasteiger partial charge in [-0.05, 0) is 32.4 Å². The lowest BCUT2D eigenvalue weighted by atomic mass is 9.73. The topological polar surface area (TPSA) is 94.4 Å². The van der Waals surface area contributed by atoms with Crippen LogP contribution in [0.2, 0.25) is 0 Å². The van der Waals surface area contributed by atoms with Crippen LogP contribution in [0, 0.1) is 10.8 Å². The third-order valence-electron chi connectivity index (χ3n) is 4.79. The molecule has 1 heterocycles. The first kappa shape index (κ1) is 24.2. The standard InChI is InChI=1S/C21H23F3N2O5/c1-4-30-19(27)16-12(3)26-15(10-11-25-29)18(20(28)31-5-2)17(16)13-8-6-7-9-14(13)21(22,23)24/h6-9,16-17H,4-5,10-11H2,1-3H3. The summed E-state index contributed by atoms with van der Waals surface area (Å²) in [5.41, 5.74) is -1.22. The van der Waals surface area contributed by atoms with Gasteiger partial charge in [0.1, 0.15) is 5.92 Å². The first-order valence-corrected chi connectivity index (χ1v) is 9.74. The number of halogens is 3. The lowest BCUT2D eigenvalue weighted by molar-refractivity contribution is -0.147. The number of rotatable bonds is 8. The van der Waals surface area contributed by atoms with Crippen LogP contribution in [-0.2, 0) is 25.2 Å². The van der Waals surface area contributed by atoms with E-state index in [0.29, 0.717) is 0 Å². The van der Waals surface area contributed by atoms with Gasteiger partial charge >= 0.3 is 18.1 Å². The minimum atomic E-state index is -4.73. The molecule has 1 aliphatic heterocycles. The second-order valence-electron chi connectivity index (χ2n) is 6.73. The average Bonchev–Trinajstić information content (AvgIpc) is 2.71. The molecule has 0 N–H and O–H groups in total. The summed E-state index contributed by atoms with van der Waals surface area (Å²) in [7, 11) is 0. The molecule has 0 aliphatic carbocycles. The van der Waals surface area contributed by atoms with Gasteiger partial charge in [-0.3, -0.25) is 9.79 Å². The van der Waals surface area contributed by atoms with Gasteiger partial charge in [-0.2, -0.15) is 18.1 Å². The number of nitroso groups, excluding NO2 is 1. The molecular weight excluding hydrogens is 417 g/mol. The van der Waals surface area contributed by atoms with Crippen molar-refractivity contribution >= 4 is 17.7 Å². The maximum absolute atomic E-state index is 13.8. The number of nitrogens with zero attached hydrogens (tertiary/aromatic N) is 2. The van der Waals surface area contributed by atoms with Gasteiger partial charge in [0.15, 0.2) is 0 Å². The third kappa shape index (κ3) is 5.36. The summed E-state index contributed by atoms with van der Waals surface area (Å²) in [5.74, 6) is -4.33. The number of hydrogen-bond donors (Lipinski definition) is 0. The summed E-state index contributed by atoms with van der Waals surface area (Å²) < 4.78 is 51.6. The maximum Gasteiger partial charge on any atom is 0.416 e. The van der Waals surface area contributed by atoms with Crippen LogP contribution in [0.4, 0.5) is 13.2 Å². The summed E-state index contributed by atoms with van der Waals surface area (Å²) in [6, 6.07) is 4.71. The molecule has 0 radical (unpaired) electrons. The second-order valence-corrected chi connectivity index (χ2v) is 6.73. The Labute approximate surface area is 177 Å². The smallest absolute Gasteiger partial charge is 0.416 e. The van der Waals surface area contributed by atoms with E-state index >= 15 is 0 Å². The zero-order valence-corrected chi connectivity index (χ0v) is 17.4. The van der Waals surface area contributed by atoms with E-state index in [-0.39, 0.29) is 48.7 Å². The Morgan fingerprint density at radius 2 is 1.77 bits per heavy atom. The first-order valence-electron chi connectivity index (χ1n) is 9.74. The van der Waals surface area contributed by atoms with Crippen molar-refractivity contribution in [1.82, 2.24) is 0 Å². The predicted octanol–water partition coefficient (Wildman–Crippen LogP) is 4.42. The van der Waals surface area contributed by atoms with E-state index in [1.54, 1.807) is 13.8 Å². The molecule has 2 rings (SSSR count). The predicted molar refractivity (Wildman–Crippen MR) is 106 cm³/mol. The number of carbonyl (C=O) groups is 2. The minimum absolute atomic E-state index is 0.00335. The fraction of sp³-hybridized carbons (Fsp3) is 0.476. The molecule has 0 fully saturated rings. The molecule has 2 atom stereocenters. The van der Waals surface area contributed by atoms with E-state index < -0.39 is 35.5 Å². The van der Waals surface area contributed by atoms with E-state index in [4.69, 9.17) is 9.47 Å². The highest BCUT2D eigenvalue weighted by Gasteiger charge is 2.46. The molecule has 0 saturated carbocycles. The molecule has 0 spiro atoms. The molecule has 168 valence electrons. The monoisotopic (exact) mass is 440 g/mol. The van der Waals surface area contributed by atoms with Gasteiger partial charge in [-0.25, -0.2) is 4.79 Å². The number of benzene rings is 1. The first-order chi connectivity index (χ1) is 14.7. The van der Waals surface area contributed by atoms with Gasteiger partial charge in [0.05, 0.1) is 36.6 Å². The van der Waals surface area contributed by atoms with Crippen molar-refractivity contribution in [3.63, 3.8) is 0 Å². The van der Waals surface area contributed by atoms with Crippen LogP contribution in [0.3, 0.4) is 0 Å². The average molecular weight is 440 g/mol. The van der Waals surface area contributed by atoms with Crippen LogP contribution in [0.15, 0.2) is 45.7 Å². The number of hydrogen-bond acceptors (Lipinski definition) is 7. The Balaban J connectivity index is 2.83. The largest absolute Gasteiger partial charge is 0.465 e. The summed E-state index contributed by atoms with van der Waals surface area (Å²) in [5, 5.41) is 2.76. The SMILES string of the molecule is CCOC(=O)C1=C(CCN=O)N=C(C)C(C(=O)OCC)C1c1ccccc1C(F)(F)F. The van der Waals surface area contributed by atoms with E-state index in [1.807, 2.05) is 0 Å². The Hall–Kier alpha value is -3.04. The quantitative estimate of drug-likeness (QED) is 0.441. The normalized spacial score (nSPS) is 19.0. The molecule has 0 bridgehead atoms. The Bertz CT molecular complexity index is 909. The molecule has 0 aromatic heterocycles. The van der Waals surface area contributed by atoms with Crippen LogP contribution in [0.25, 0.3) is 0 Å². The highest BCUT2D eigenvalue weighted by atomic mass is 19.4. The van der Waals surface area contributed by atoms with Gasteiger partial charge in [0.25, 0.3) is 0 Å². The zero-order chi connectivity index (χ0) is 23.2. The third-order valence-corrected chi connectivity index (χ3v) is 4.79. The van der Waals surface area contributed by atoms with E-state index in [9.17, 15) is 27.7 Å². The number of alkyl halides is 3. The van der Waals surface area contributed by atoms with Crippen molar-refractivity contribution < 1.29 is 32.2 Å². The molecule has 1 aromatic rings. The lowest BCUT2D eigenvalue weighted by Gasteiger charge is -2.33. The molecule has 1 aliphatic rings. The Kier molecular flexibility index (Phi) is 8.07. The molecule has 10 heteroatoms. The zero-order valence-electron chi connectivity index (χ0n) is 17.4. The van der Waals surface area contributed by atoms with Gasteiger partial charge < -0.3 is 9.47 Å². The summed E-state index contributed by atoms with van der Waals surface area (Å²) >= 11 is 0. The van der Waals surface area contributed by atoms with Crippen LogP contribution in [0.5, 0.6) is 0 Å². The molecular formula is C21H23F3N2O5. The molecule has 31 heavy (non-hydrogen) atoms. The maximum atomic E-state index is 13.8. The number of esters is 2. The highest BCUT2D eigenvalue weighted by Crippen LogP contribution is 2.45. The molecule has 0 saturated heterocycles. The number of carbonyl (C=O) groups excluding carboxylic acids is 2. The van der Waals surface area contributed by atoms with Gasteiger partial charge in [0, 0.05) is 18.1 Å². The second kappa shape index (κ2) is 10.3. The molecule has 1 aromatic carbocycles. The Morgan fingerprint density at radius 1 is 1.13 bits per heavy atom. The number of aliphatic imine (C=N–C) groups is 1. The van der Waals surface area contributed by atoms with Gasteiger partial charge in [-0.1, -0.05) is 23.4 Å². The van der Waals surface area contributed by atoms with Crippen molar-refractivity contribution in [2.75, 3.05) is 19.8 Å². The van der Waals surface area contributed by atoms with Crippen molar-refractivity contribution in [2.24, 2.45) is 16.1 Å². The Morgan fingerprint density at radius 3 is 2.35 bits per heavy atom. The van der Waals surface area contributed by atoms with Crippen LogP contribution < -0.4 is 0 Å². The minimum Gasteiger partial charge on any atom is -0.465 e. The summed E-state index contributed by atoms with van der Waals surface area (Å²) in [4.78, 5) is 40.6. The molecule has 0 amide bonds. The van der Waals surface area contributed by atoms with Crippen molar-refractivity contribution in [1.29, 1.82) is 0 Å². The van der Waals surface area contributed by atoms with Crippen LogP contribution >= 0.6 is 0 Å². The van der Waals surface area contributed by atoms with E-state index in [2.05, 4.69) is 10.2 Å². The van der Waals surface area contributed by atoms with E-state index in [0.717, 1.165) is 6.07 Å². The summed E-state index contributed by atoms with van der Waals surface area (Å²) in [6.07, 6.45) is -4.82. The van der Waals surface area contributed by atoms with Crippen molar-refractivity contribution in [2.45, 2.75) is 39.3 Å². The lowest BCUT2D eigenvalue weighted by Crippen LogP contribution is -2.37. The van der Waals surface area contributed by atoms with Crippen LogP contribution in [-0.4, -0.2) is 37.4 Å². The van der Waals surface area contributed by atoms with E-state index in [1.165, 1.54) is 25.1 Å². The fourth-order valence-corrected chi connectivity index (χ4v) is 3.63. The van der Waals surface area contributed by atoms with Crippen LogP contribution in [0.1, 0.15) is 44.2 Å². The highest BCUT2D eigenvalue weighted by molar-refractivity contribution is 6.07. The van der Waals surface area contributed by atoms with Crippen molar-refractivity contribution in [3.05, 3.63) is 51.6 Å². The molecule has 7 nitrogen and oxygen atoms in total.